The minimum absolute atomic E-state index is 0.106. The highest BCUT2D eigenvalue weighted by molar-refractivity contribution is 5.74. The van der Waals surface area contributed by atoms with Gasteiger partial charge in [-0.15, -0.1) is 0 Å². The average molecular weight is 195 g/mol. The third-order valence-corrected chi connectivity index (χ3v) is 2.60. The first-order chi connectivity index (χ1) is 6.63. The number of hydrogen-bond donors (Lipinski definition) is 1. The lowest BCUT2D eigenvalue weighted by Gasteiger charge is -2.30. The number of carbonyl (C=O) groups is 1. The molecule has 1 aliphatic rings. The summed E-state index contributed by atoms with van der Waals surface area (Å²) in [4.78, 5) is 13.3. The van der Waals surface area contributed by atoms with Crippen molar-refractivity contribution >= 4 is 6.03 Å². The predicted octanol–water partition coefficient (Wildman–Crippen LogP) is 1.34. The summed E-state index contributed by atoms with van der Waals surface area (Å²) in [6.45, 7) is 5.51. The number of rotatable bonds is 1. The molecule has 1 atom stereocenters. The zero-order valence-corrected chi connectivity index (χ0v) is 8.79. The molecule has 0 spiro atoms. The molecular weight excluding hydrogens is 178 g/mol. The number of hydrogen-bond acceptors (Lipinski definition) is 2. The lowest BCUT2D eigenvalue weighted by atomic mass is 10.00. The molecule has 14 heavy (non-hydrogen) atoms. The molecule has 1 N–H and O–H groups in total. The minimum Gasteiger partial charge on any atom is -0.325 e. The van der Waals surface area contributed by atoms with Gasteiger partial charge in [0.25, 0.3) is 0 Å². The van der Waals surface area contributed by atoms with Crippen LogP contribution in [-0.2, 0) is 0 Å². The highest BCUT2D eigenvalue weighted by atomic mass is 16.2. The molecule has 1 aliphatic heterocycles. The van der Waals surface area contributed by atoms with E-state index >= 15 is 0 Å². The van der Waals surface area contributed by atoms with Gasteiger partial charge in [0.15, 0.2) is 0 Å². The molecule has 4 nitrogen and oxygen atoms in total. The molecule has 78 valence electrons. The Hall–Kier alpha value is -1.24. The smallest absolute Gasteiger partial charge is 0.318 e. The van der Waals surface area contributed by atoms with Gasteiger partial charge in [-0.25, -0.2) is 4.79 Å². The number of nitrogens with one attached hydrogen (secondary N) is 1. The van der Waals surface area contributed by atoms with Crippen LogP contribution in [0.15, 0.2) is 0 Å². The van der Waals surface area contributed by atoms with Crippen LogP contribution in [0.5, 0.6) is 0 Å². The predicted molar refractivity (Wildman–Crippen MR) is 53.6 cm³/mol. The number of carbonyl (C=O) groups excluding carboxylic acids is 1. The van der Waals surface area contributed by atoms with Crippen molar-refractivity contribution in [2.45, 2.75) is 32.7 Å². The number of likely N-dealkylation sites (tertiary alicyclic amines) is 1. The molecule has 2 amide bonds. The zero-order chi connectivity index (χ0) is 10.6. The van der Waals surface area contributed by atoms with Crippen LogP contribution in [0.2, 0.25) is 0 Å². The lowest BCUT2D eigenvalue weighted by Crippen LogP contribution is -2.46. The molecule has 1 saturated heterocycles. The van der Waals surface area contributed by atoms with Gasteiger partial charge in [0, 0.05) is 13.1 Å². The van der Waals surface area contributed by atoms with E-state index in [-0.39, 0.29) is 6.03 Å². The van der Waals surface area contributed by atoms with Crippen LogP contribution < -0.4 is 5.32 Å². The van der Waals surface area contributed by atoms with Gasteiger partial charge in [-0.3, -0.25) is 0 Å². The first kappa shape index (κ1) is 10.8. The van der Waals surface area contributed by atoms with Gasteiger partial charge < -0.3 is 10.2 Å². The van der Waals surface area contributed by atoms with Crippen molar-refractivity contribution in [3.05, 3.63) is 0 Å². The average Bonchev–Trinajstić information content (AvgIpc) is 2.18. The minimum atomic E-state index is -0.401. The van der Waals surface area contributed by atoms with Crippen LogP contribution in [0.4, 0.5) is 4.79 Å². The molecule has 1 unspecified atom stereocenters. The summed E-state index contributed by atoms with van der Waals surface area (Å²) in [6, 6.07) is 1.48. The summed E-state index contributed by atoms with van der Waals surface area (Å²) in [6.07, 6.45) is 2.13. The van der Waals surface area contributed by atoms with Crippen LogP contribution in [0.1, 0.15) is 26.7 Å². The van der Waals surface area contributed by atoms with Crippen molar-refractivity contribution in [1.82, 2.24) is 10.2 Å². The van der Waals surface area contributed by atoms with Crippen LogP contribution in [0.3, 0.4) is 0 Å². The molecular formula is C10H17N3O. The molecule has 0 aromatic rings. The standard InChI is InChI=1S/C10H17N3O/c1-8-3-5-13(6-4-8)10(14)12-9(2)7-11/h8-9H,3-6H2,1-2H3,(H,12,14). The van der Waals surface area contributed by atoms with Gasteiger partial charge in [-0.05, 0) is 25.7 Å². The number of urea groups is 1. The molecule has 1 heterocycles. The van der Waals surface area contributed by atoms with E-state index in [1.54, 1.807) is 11.8 Å². The molecule has 0 bridgehead atoms. The van der Waals surface area contributed by atoms with E-state index in [1.165, 1.54) is 0 Å². The highest BCUT2D eigenvalue weighted by Gasteiger charge is 2.20. The fourth-order valence-electron chi connectivity index (χ4n) is 1.52. The van der Waals surface area contributed by atoms with Crippen LogP contribution in [0, 0.1) is 17.2 Å². The Labute approximate surface area is 84.9 Å². The number of nitrogens with zero attached hydrogens (tertiary/aromatic N) is 2. The first-order valence-electron chi connectivity index (χ1n) is 5.08. The van der Waals surface area contributed by atoms with Crippen LogP contribution in [0.25, 0.3) is 0 Å². The number of amides is 2. The summed E-state index contributed by atoms with van der Waals surface area (Å²) in [5.74, 6) is 0.715. The second-order valence-corrected chi connectivity index (χ2v) is 3.97. The molecule has 0 saturated carbocycles. The van der Waals surface area contributed by atoms with Crippen LogP contribution >= 0.6 is 0 Å². The van der Waals surface area contributed by atoms with E-state index in [1.807, 2.05) is 6.07 Å². The summed E-state index contributed by atoms with van der Waals surface area (Å²) < 4.78 is 0. The maximum absolute atomic E-state index is 11.5. The topological polar surface area (TPSA) is 56.1 Å². The Kier molecular flexibility index (Phi) is 3.75. The van der Waals surface area contributed by atoms with Crippen molar-refractivity contribution < 1.29 is 4.79 Å². The van der Waals surface area contributed by atoms with Gasteiger partial charge in [-0.2, -0.15) is 5.26 Å². The molecule has 1 fully saturated rings. The summed E-state index contributed by atoms with van der Waals surface area (Å²) in [5.41, 5.74) is 0. The van der Waals surface area contributed by atoms with Gasteiger partial charge in [0.1, 0.15) is 6.04 Å². The fourth-order valence-corrected chi connectivity index (χ4v) is 1.52. The molecule has 0 aliphatic carbocycles. The largest absolute Gasteiger partial charge is 0.325 e. The maximum Gasteiger partial charge on any atom is 0.318 e. The van der Waals surface area contributed by atoms with E-state index in [0.717, 1.165) is 25.9 Å². The Morgan fingerprint density at radius 2 is 2.14 bits per heavy atom. The Bertz CT molecular complexity index is 238. The second kappa shape index (κ2) is 4.85. The molecule has 4 heteroatoms. The molecule has 0 aromatic carbocycles. The third-order valence-electron chi connectivity index (χ3n) is 2.60. The summed E-state index contributed by atoms with van der Waals surface area (Å²) >= 11 is 0. The Balaban J connectivity index is 2.35. The number of piperidine rings is 1. The second-order valence-electron chi connectivity index (χ2n) is 3.97. The van der Waals surface area contributed by atoms with Gasteiger partial charge in [0.05, 0.1) is 6.07 Å². The van der Waals surface area contributed by atoms with Crippen molar-refractivity contribution in [2.24, 2.45) is 5.92 Å². The third kappa shape index (κ3) is 2.91. The first-order valence-corrected chi connectivity index (χ1v) is 5.08. The normalized spacial score (nSPS) is 19.9. The Morgan fingerprint density at radius 1 is 1.57 bits per heavy atom. The Morgan fingerprint density at radius 3 is 2.64 bits per heavy atom. The monoisotopic (exact) mass is 195 g/mol. The quantitative estimate of drug-likeness (QED) is 0.686. The fraction of sp³-hybridized carbons (Fsp3) is 0.800. The molecule has 0 aromatic heterocycles. The van der Waals surface area contributed by atoms with E-state index in [9.17, 15) is 4.79 Å². The maximum atomic E-state index is 11.5. The molecule has 1 rings (SSSR count). The van der Waals surface area contributed by atoms with Crippen molar-refractivity contribution in [3.8, 4) is 6.07 Å². The van der Waals surface area contributed by atoms with Gasteiger partial charge in [0.2, 0.25) is 0 Å². The molecule has 0 radical (unpaired) electrons. The summed E-state index contributed by atoms with van der Waals surface area (Å²) in [5, 5.41) is 11.2. The SMILES string of the molecule is CC1CCN(C(=O)NC(C)C#N)CC1. The number of nitriles is 1. The van der Waals surface area contributed by atoms with Crippen molar-refractivity contribution in [3.63, 3.8) is 0 Å². The van der Waals surface area contributed by atoms with E-state index < -0.39 is 6.04 Å². The van der Waals surface area contributed by atoms with Crippen molar-refractivity contribution in [2.75, 3.05) is 13.1 Å². The van der Waals surface area contributed by atoms with Crippen molar-refractivity contribution in [1.29, 1.82) is 5.26 Å². The zero-order valence-electron chi connectivity index (χ0n) is 8.79. The highest BCUT2D eigenvalue weighted by Crippen LogP contribution is 2.15. The van der Waals surface area contributed by atoms with E-state index in [4.69, 9.17) is 5.26 Å². The van der Waals surface area contributed by atoms with E-state index in [2.05, 4.69) is 12.2 Å². The van der Waals surface area contributed by atoms with Gasteiger partial charge in [-0.1, -0.05) is 6.92 Å². The summed E-state index contributed by atoms with van der Waals surface area (Å²) in [7, 11) is 0. The van der Waals surface area contributed by atoms with Crippen LogP contribution in [-0.4, -0.2) is 30.1 Å². The van der Waals surface area contributed by atoms with Gasteiger partial charge >= 0.3 is 6.03 Å². The van der Waals surface area contributed by atoms with E-state index in [0.29, 0.717) is 5.92 Å². The lowest BCUT2D eigenvalue weighted by molar-refractivity contribution is 0.173.